The van der Waals surface area contributed by atoms with Crippen LogP contribution in [0.25, 0.3) is 0 Å². The van der Waals surface area contributed by atoms with Crippen LogP contribution in [0.1, 0.15) is 21.5 Å². The van der Waals surface area contributed by atoms with Gasteiger partial charge in [-0.1, -0.05) is 17.2 Å². The number of carboxylic acid groups (broad SMARTS) is 1. The molecule has 0 aliphatic carbocycles. The summed E-state index contributed by atoms with van der Waals surface area (Å²) in [7, 11) is 0. The largest absolute Gasteiger partial charge is 0.478 e. The fourth-order valence-electron chi connectivity index (χ4n) is 1.10. The number of hydrogen-bond acceptors (Lipinski definition) is 1. The monoisotopic (exact) mass is 214 g/mol. The summed E-state index contributed by atoms with van der Waals surface area (Å²) < 4.78 is 0. The van der Waals surface area contributed by atoms with Gasteiger partial charge in [-0.05, 0) is 26.0 Å². The Morgan fingerprint density at radius 1 is 1.17 bits per heavy atom. The Bertz CT molecular complexity index is 274. The van der Waals surface area contributed by atoms with Crippen LogP contribution in [0, 0.1) is 13.8 Å². The van der Waals surface area contributed by atoms with Crippen LogP contribution in [0.2, 0.25) is 0 Å². The van der Waals surface area contributed by atoms with Gasteiger partial charge in [0.25, 0.3) is 0 Å². The molecule has 0 radical (unpaired) electrons. The molecule has 0 amide bonds. The molecule has 0 fully saturated rings. The summed E-state index contributed by atoms with van der Waals surface area (Å²) in [6.45, 7) is 3.78. The van der Waals surface area contributed by atoms with Crippen molar-refractivity contribution >= 4 is 5.97 Å². The van der Waals surface area contributed by atoms with E-state index in [9.17, 15) is 4.79 Å². The summed E-state index contributed by atoms with van der Waals surface area (Å²) in [5.74, 6) is -0.864. The zero-order valence-corrected chi connectivity index (χ0v) is 10.3. The molecule has 0 aliphatic rings. The number of aromatic carboxylic acids is 1. The first-order valence-electron chi connectivity index (χ1n) is 3.41. The summed E-state index contributed by atoms with van der Waals surface area (Å²) in [5, 5.41) is 8.63. The van der Waals surface area contributed by atoms with Crippen molar-refractivity contribution in [2.45, 2.75) is 13.8 Å². The van der Waals surface area contributed by atoms with Crippen LogP contribution in [0.5, 0.6) is 0 Å². The van der Waals surface area contributed by atoms with Crippen molar-refractivity contribution in [3.8, 4) is 0 Å². The minimum absolute atomic E-state index is 0. The number of hydrogen-bond donors (Lipinski definition) is 1. The average molecular weight is 216 g/mol. The van der Waals surface area contributed by atoms with Gasteiger partial charge in [0.15, 0.2) is 0 Å². The standard InChI is InChI=1S/C9H10O2.Zn/c1-6-3-7(2)5-8(4-6)9(10)11;/h3-5H,1-2H3,(H,10,11);. The van der Waals surface area contributed by atoms with Crippen LogP contribution in [0.15, 0.2) is 18.2 Å². The third kappa shape index (κ3) is 2.74. The van der Waals surface area contributed by atoms with Gasteiger partial charge in [0.1, 0.15) is 0 Å². The van der Waals surface area contributed by atoms with Crippen molar-refractivity contribution in [1.82, 2.24) is 0 Å². The molecule has 0 saturated heterocycles. The number of carboxylic acids is 1. The molecule has 0 spiro atoms. The summed E-state index contributed by atoms with van der Waals surface area (Å²) in [6.07, 6.45) is 0. The molecule has 0 bridgehead atoms. The first-order chi connectivity index (χ1) is 5.09. The number of aryl methyl sites for hydroxylation is 2. The average Bonchev–Trinajstić information content (AvgIpc) is 1.85. The summed E-state index contributed by atoms with van der Waals surface area (Å²) >= 11 is 0. The predicted molar refractivity (Wildman–Crippen MR) is 42.9 cm³/mol. The minimum Gasteiger partial charge on any atom is -0.478 e. The van der Waals surface area contributed by atoms with E-state index in [-0.39, 0.29) is 19.5 Å². The fourth-order valence-corrected chi connectivity index (χ4v) is 1.10. The molecule has 2 nitrogen and oxygen atoms in total. The Morgan fingerprint density at radius 3 is 1.92 bits per heavy atom. The van der Waals surface area contributed by atoms with Crippen LogP contribution in [-0.4, -0.2) is 11.1 Å². The predicted octanol–water partition coefficient (Wildman–Crippen LogP) is 2.00. The molecule has 60 valence electrons. The normalized spacial score (nSPS) is 8.83. The van der Waals surface area contributed by atoms with Crippen LogP contribution in [0.3, 0.4) is 0 Å². The molecular formula is C9H10O2Zn. The van der Waals surface area contributed by atoms with Crippen molar-refractivity contribution in [2.24, 2.45) is 0 Å². The second-order valence-corrected chi connectivity index (χ2v) is 2.68. The van der Waals surface area contributed by atoms with E-state index in [0.717, 1.165) is 11.1 Å². The van der Waals surface area contributed by atoms with Gasteiger partial charge >= 0.3 is 5.97 Å². The van der Waals surface area contributed by atoms with E-state index in [0.29, 0.717) is 5.56 Å². The van der Waals surface area contributed by atoms with Crippen molar-refractivity contribution in [3.05, 3.63) is 34.9 Å². The molecule has 0 heterocycles. The molecule has 0 aromatic heterocycles. The quantitative estimate of drug-likeness (QED) is 0.728. The Labute approximate surface area is 84.4 Å². The zero-order chi connectivity index (χ0) is 8.43. The van der Waals surface area contributed by atoms with Crippen LogP contribution >= 0.6 is 0 Å². The third-order valence-electron chi connectivity index (χ3n) is 1.47. The molecule has 0 unspecified atom stereocenters. The molecule has 1 aromatic carbocycles. The Balaban J connectivity index is 0.00000121. The van der Waals surface area contributed by atoms with Crippen molar-refractivity contribution in [1.29, 1.82) is 0 Å². The molecule has 1 rings (SSSR count). The second kappa shape index (κ2) is 4.37. The molecule has 1 aromatic rings. The van der Waals surface area contributed by atoms with E-state index >= 15 is 0 Å². The Morgan fingerprint density at radius 2 is 1.58 bits per heavy atom. The molecule has 0 atom stereocenters. The number of carbonyl (C=O) groups is 1. The first kappa shape index (κ1) is 11.3. The summed E-state index contributed by atoms with van der Waals surface area (Å²) in [6, 6.07) is 5.27. The maximum absolute atomic E-state index is 10.5. The second-order valence-electron chi connectivity index (χ2n) is 2.68. The molecule has 0 saturated carbocycles. The third-order valence-corrected chi connectivity index (χ3v) is 1.47. The fraction of sp³-hybridized carbons (Fsp3) is 0.222. The van der Waals surface area contributed by atoms with Crippen molar-refractivity contribution in [2.75, 3.05) is 0 Å². The van der Waals surface area contributed by atoms with E-state index in [1.807, 2.05) is 19.9 Å². The van der Waals surface area contributed by atoms with Crippen LogP contribution in [-0.2, 0) is 19.5 Å². The van der Waals surface area contributed by atoms with E-state index in [1.54, 1.807) is 12.1 Å². The van der Waals surface area contributed by atoms with Gasteiger partial charge in [0.05, 0.1) is 5.56 Å². The topological polar surface area (TPSA) is 37.3 Å². The maximum Gasteiger partial charge on any atom is 0.335 e. The van der Waals surface area contributed by atoms with Crippen LogP contribution in [0.4, 0.5) is 0 Å². The van der Waals surface area contributed by atoms with E-state index in [1.165, 1.54) is 0 Å². The van der Waals surface area contributed by atoms with Gasteiger partial charge in [-0.15, -0.1) is 0 Å². The Hall–Kier alpha value is -0.687. The maximum atomic E-state index is 10.5. The van der Waals surface area contributed by atoms with E-state index in [2.05, 4.69) is 0 Å². The van der Waals surface area contributed by atoms with Crippen molar-refractivity contribution in [3.63, 3.8) is 0 Å². The van der Waals surface area contributed by atoms with E-state index < -0.39 is 5.97 Å². The molecule has 12 heavy (non-hydrogen) atoms. The first-order valence-corrected chi connectivity index (χ1v) is 3.41. The number of rotatable bonds is 1. The van der Waals surface area contributed by atoms with Gasteiger partial charge in [0, 0.05) is 19.5 Å². The molecule has 1 N–H and O–H groups in total. The molecular weight excluding hydrogens is 205 g/mol. The smallest absolute Gasteiger partial charge is 0.335 e. The van der Waals surface area contributed by atoms with Gasteiger partial charge in [-0.25, -0.2) is 4.79 Å². The SMILES string of the molecule is Cc1cc(C)cc(C(=O)O)c1.[Zn]. The Kier molecular flexibility index (Phi) is 4.12. The molecule has 0 aliphatic heterocycles. The van der Waals surface area contributed by atoms with Gasteiger partial charge in [-0.2, -0.15) is 0 Å². The summed E-state index contributed by atoms with van der Waals surface area (Å²) in [4.78, 5) is 10.5. The number of benzene rings is 1. The van der Waals surface area contributed by atoms with E-state index in [4.69, 9.17) is 5.11 Å². The molecule has 3 heteroatoms. The van der Waals surface area contributed by atoms with Gasteiger partial charge < -0.3 is 5.11 Å². The zero-order valence-electron chi connectivity index (χ0n) is 7.29. The van der Waals surface area contributed by atoms with Gasteiger partial charge in [0.2, 0.25) is 0 Å². The van der Waals surface area contributed by atoms with Gasteiger partial charge in [-0.3, -0.25) is 0 Å². The summed E-state index contributed by atoms with van der Waals surface area (Å²) in [5.41, 5.74) is 2.34. The van der Waals surface area contributed by atoms with Crippen LogP contribution < -0.4 is 0 Å². The van der Waals surface area contributed by atoms with Crippen molar-refractivity contribution < 1.29 is 29.4 Å². The minimum atomic E-state index is -0.864.